The normalized spacial score (nSPS) is 10.5. The highest BCUT2D eigenvalue weighted by molar-refractivity contribution is 7.99. The van der Waals surface area contributed by atoms with E-state index in [-0.39, 0.29) is 27.8 Å². The van der Waals surface area contributed by atoms with E-state index < -0.39 is 10.8 Å². The molecule has 22 heavy (non-hydrogen) atoms. The van der Waals surface area contributed by atoms with Crippen LogP contribution in [0.5, 0.6) is 0 Å². The lowest BCUT2D eigenvalue weighted by molar-refractivity contribution is -0.384. The molecule has 0 saturated carbocycles. The number of amides is 1. The monoisotopic (exact) mass is 343 g/mol. The van der Waals surface area contributed by atoms with Crippen molar-refractivity contribution in [2.45, 2.75) is 5.16 Å². The second-order valence-corrected chi connectivity index (χ2v) is 5.48. The molecule has 0 radical (unpaired) electrons. The molecule has 0 spiro atoms. The summed E-state index contributed by atoms with van der Waals surface area (Å²) >= 11 is 6.74. The van der Waals surface area contributed by atoms with Gasteiger partial charge in [-0.05, 0) is 12.1 Å². The lowest BCUT2D eigenvalue weighted by atomic mass is 10.3. The maximum Gasteiger partial charge on any atom is 0.343 e. The van der Waals surface area contributed by atoms with Crippen molar-refractivity contribution in [1.82, 2.24) is 14.8 Å². The molecule has 0 saturated heterocycles. The molecule has 1 aromatic carbocycles. The van der Waals surface area contributed by atoms with Gasteiger partial charge >= 0.3 is 5.69 Å². The Morgan fingerprint density at radius 2 is 2.32 bits per heavy atom. The van der Waals surface area contributed by atoms with Crippen molar-refractivity contribution < 1.29 is 9.72 Å². The largest absolute Gasteiger partial charge is 0.343 e. The summed E-state index contributed by atoms with van der Waals surface area (Å²) in [6, 6.07) is 3.97. The predicted octanol–water partition coefficient (Wildman–Crippen LogP) is 1.40. The van der Waals surface area contributed by atoms with Gasteiger partial charge in [0.25, 0.3) is 5.69 Å². The molecule has 2 aromatic rings. The summed E-state index contributed by atoms with van der Waals surface area (Å²) < 4.78 is 1.27. The Kier molecular flexibility index (Phi) is 4.83. The predicted molar refractivity (Wildman–Crippen MR) is 81.3 cm³/mol. The van der Waals surface area contributed by atoms with E-state index in [0.717, 1.165) is 11.8 Å². The average molecular weight is 344 g/mol. The zero-order chi connectivity index (χ0) is 16.3. The standard InChI is InChI=1S/C11H10ClN5O4S/c1-16-10(19)14-15-11(16)22-5-9(18)13-6-2-3-7(12)8(4-6)17(20)21/h2-4H,5H2,1H3,(H,13,18)(H,14,19). The number of nitro groups is 1. The SMILES string of the molecule is Cn1c(SCC(=O)Nc2ccc(Cl)c([N+](=O)[O-])c2)n[nH]c1=O. The van der Waals surface area contributed by atoms with Crippen molar-refractivity contribution in [2.75, 3.05) is 11.1 Å². The first-order chi connectivity index (χ1) is 10.4. The van der Waals surface area contributed by atoms with Gasteiger partial charge in [0.2, 0.25) is 5.91 Å². The molecular weight excluding hydrogens is 334 g/mol. The van der Waals surface area contributed by atoms with E-state index in [1.165, 1.54) is 29.8 Å². The number of H-pyrrole nitrogens is 1. The molecule has 1 amide bonds. The Hall–Kier alpha value is -2.33. The molecule has 0 bridgehead atoms. The van der Waals surface area contributed by atoms with E-state index in [1.54, 1.807) is 0 Å². The van der Waals surface area contributed by atoms with Gasteiger partial charge in [-0.3, -0.25) is 19.5 Å². The van der Waals surface area contributed by atoms with Crippen LogP contribution in [0, 0.1) is 10.1 Å². The number of anilines is 1. The number of aromatic nitrogens is 3. The molecule has 1 heterocycles. The van der Waals surface area contributed by atoms with Crippen LogP contribution in [-0.2, 0) is 11.8 Å². The van der Waals surface area contributed by atoms with Crippen molar-refractivity contribution in [2.24, 2.45) is 7.05 Å². The van der Waals surface area contributed by atoms with Crippen LogP contribution in [0.25, 0.3) is 0 Å². The molecule has 0 atom stereocenters. The van der Waals surface area contributed by atoms with E-state index in [0.29, 0.717) is 5.16 Å². The zero-order valence-corrected chi connectivity index (χ0v) is 12.8. The van der Waals surface area contributed by atoms with Gasteiger partial charge in [0, 0.05) is 18.8 Å². The highest BCUT2D eigenvalue weighted by Gasteiger charge is 2.14. The maximum absolute atomic E-state index is 11.8. The molecule has 2 rings (SSSR count). The van der Waals surface area contributed by atoms with E-state index >= 15 is 0 Å². The number of thioether (sulfide) groups is 1. The number of nitrogens with zero attached hydrogens (tertiary/aromatic N) is 3. The summed E-state index contributed by atoms with van der Waals surface area (Å²) in [5.41, 5.74) is -0.407. The van der Waals surface area contributed by atoms with Crippen molar-refractivity contribution in [3.8, 4) is 0 Å². The first-order valence-electron chi connectivity index (χ1n) is 5.86. The summed E-state index contributed by atoms with van der Waals surface area (Å²) in [5, 5.41) is 19.6. The van der Waals surface area contributed by atoms with Crippen molar-refractivity contribution in [1.29, 1.82) is 0 Å². The molecule has 0 aliphatic heterocycles. The van der Waals surface area contributed by atoms with Crippen molar-refractivity contribution in [3.63, 3.8) is 0 Å². The highest BCUT2D eigenvalue weighted by Crippen LogP contribution is 2.27. The van der Waals surface area contributed by atoms with Crippen LogP contribution >= 0.6 is 23.4 Å². The van der Waals surface area contributed by atoms with Crippen LogP contribution in [0.2, 0.25) is 5.02 Å². The fourth-order valence-corrected chi connectivity index (χ4v) is 2.42. The van der Waals surface area contributed by atoms with Crippen LogP contribution in [0.1, 0.15) is 0 Å². The van der Waals surface area contributed by atoms with Gasteiger partial charge in [-0.15, -0.1) is 5.10 Å². The van der Waals surface area contributed by atoms with Gasteiger partial charge in [-0.1, -0.05) is 23.4 Å². The molecule has 11 heteroatoms. The number of halogens is 1. The molecule has 0 aliphatic carbocycles. The fourth-order valence-electron chi connectivity index (χ4n) is 1.52. The number of hydrogen-bond acceptors (Lipinski definition) is 6. The smallest absolute Gasteiger partial charge is 0.325 e. The third kappa shape index (κ3) is 3.65. The van der Waals surface area contributed by atoms with Crippen LogP contribution in [0.3, 0.4) is 0 Å². The molecule has 2 N–H and O–H groups in total. The first-order valence-corrected chi connectivity index (χ1v) is 7.23. The fraction of sp³-hybridized carbons (Fsp3) is 0.182. The number of hydrogen-bond donors (Lipinski definition) is 2. The van der Waals surface area contributed by atoms with Gasteiger partial charge in [0.05, 0.1) is 10.7 Å². The molecular formula is C11H10ClN5O4S. The van der Waals surface area contributed by atoms with E-state index in [9.17, 15) is 19.7 Å². The Morgan fingerprint density at radius 1 is 1.59 bits per heavy atom. The zero-order valence-electron chi connectivity index (χ0n) is 11.2. The van der Waals surface area contributed by atoms with Gasteiger partial charge in [-0.2, -0.15) is 0 Å². The topological polar surface area (TPSA) is 123 Å². The molecule has 9 nitrogen and oxygen atoms in total. The van der Waals surface area contributed by atoms with Crippen LogP contribution in [0.4, 0.5) is 11.4 Å². The van der Waals surface area contributed by atoms with Gasteiger partial charge < -0.3 is 5.32 Å². The molecule has 0 fully saturated rings. The second-order valence-electron chi connectivity index (χ2n) is 4.13. The number of benzene rings is 1. The minimum atomic E-state index is -0.633. The van der Waals surface area contributed by atoms with Crippen LogP contribution < -0.4 is 11.0 Å². The lowest BCUT2D eigenvalue weighted by Crippen LogP contribution is -2.16. The number of aromatic amines is 1. The summed E-state index contributed by atoms with van der Waals surface area (Å²) in [6.07, 6.45) is 0. The highest BCUT2D eigenvalue weighted by atomic mass is 35.5. The molecule has 0 aliphatic rings. The van der Waals surface area contributed by atoms with Crippen molar-refractivity contribution >= 4 is 40.6 Å². The van der Waals surface area contributed by atoms with Gasteiger partial charge in [0.1, 0.15) is 5.02 Å². The van der Waals surface area contributed by atoms with Gasteiger partial charge in [-0.25, -0.2) is 9.89 Å². The number of carbonyl (C=O) groups excluding carboxylic acids is 1. The quantitative estimate of drug-likeness (QED) is 0.480. The number of rotatable bonds is 5. The summed E-state index contributed by atoms with van der Waals surface area (Å²) in [5.74, 6) is -0.397. The Morgan fingerprint density at radius 3 is 2.91 bits per heavy atom. The minimum absolute atomic E-state index is 0.00540. The number of carbonyl (C=O) groups is 1. The molecule has 1 aromatic heterocycles. The Bertz CT molecular complexity index is 787. The average Bonchev–Trinajstić information content (AvgIpc) is 2.78. The third-order valence-electron chi connectivity index (χ3n) is 2.60. The van der Waals surface area contributed by atoms with E-state index in [2.05, 4.69) is 15.5 Å². The van der Waals surface area contributed by atoms with E-state index in [1.807, 2.05) is 0 Å². The Balaban J connectivity index is 2.00. The van der Waals surface area contributed by atoms with Gasteiger partial charge in [0.15, 0.2) is 5.16 Å². The minimum Gasteiger partial charge on any atom is -0.325 e. The summed E-state index contributed by atoms with van der Waals surface area (Å²) in [7, 11) is 1.52. The first kappa shape index (κ1) is 16.0. The molecule has 0 unspecified atom stereocenters. The lowest BCUT2D eigenvalue weighted by Gasteiger charge is -2.05. The molecule has 116 valence electrons. The number of nitro benzene ring substituents is 1. The second kappa shape index (κ2) is 6.62. The Labute approximate surface area is 132 Å². The number of nitrogens with one attached hydrogen (secondary N) is 2. The van der Waals surface area contributed by atoms with E-state index in [4.69, 9.17) is 11.6 Å². The summed E-state index contributed by atoms with van der Waals surface area (Å²) in [4.78, 5) is 33.1. The third-order valence-corrected chi connectivity index (χ3v) is 3.95. The van der Waals surface area contributed by atoms with Crippen LogP contribution in [-0.4, -0.2) is 31.3 Å². The van der Waals surface area contributed by atoms with Crippen molar-refractivity contribution in [3.05, 3.63) is 43.8 Å². The van der Waals surface area contributed by atoms with Crippen LogP contribution in [0.15, 0.2) is 28.2 Å². The maximum atomic E-state index is 11.8. The summed E-state index contributed by atoms with van der Waals surface area (Å²) in [6.45, 7) is 0.